The Morgan fingerprint density at radius 1 is 1.15 bits per heavy atom. The SMILES string of the molecule is Cc1cnc(-c2noc(-c3ccc(F)cc3O)n2)nc1. The minimum absolute atomic E-state index is 0.0710. The fraction of sp³-hybridized carbons (Fsp3) is 0.0769. The zero-order valence-corrected chi connectivity index (χ0v) is 10.4. The molecule has 1 N–H and O–H groups in total. The lowest BCUT2D eigenvalue weighted by Gasteiger charge is -1.98. The van der Waals surface area contributed by atoms with Gasteiger partial charge in [-0.05, 0) is 24.6 Å². The summed E-state index contributed by atoms with van der Waals surface area (Å²) in [6, 6.07) is 3.53. The van der Waals surface area contributed by atoms with Crippen LogP contribution >= 0.6 is 0 Å². The predicted octanol–water partition coefficient (Wildman–Crippen LogP) is 2.35. The Morgan fingerprint density at radius 3 is 2.60 bits per heavy atom. The maximum atomic E-state index is 12.9. The van der Waals surface area contributed by atoms with Crippen molar-refractivity contribution in [3.8, 4) is 28.9 Å². The van der Waals surface area contributed by atoms with E-state index in [-0.39, 0.29) is 23.0 Å². The molecule has 2 aromatic heterocycles. The van der Waals surface area contributed by atoms with Crippen LogP contribution in [0.4, 0.5) is 4.39 Å². The van der Waals surface area contributed by atoms with Crippen molar-refractivity contribution in [1.29, 1.82) is 0 Å². The first-order valence-electron chi connectivity index (χ1n) is 5.75. The quantitative estimate of drug-likeness (QED) is 0.770. The summed E-state index contributed by atoms with van der Waals surface area (Å²) >= 11 is 0. The smallest absolute Gasteiger partial charge is 0.262 e. The minimum Gasteiger partial charge on any atom is -0.507 e. The van der Waals surface area contributed by atoms with Crippen LogP contribution in [-0.2, 0) is 0 Å². The Morgan fingerprint density at radius 2 is 1.90 bits per heavy atom. The molecule has 20 heavy (non-hydrogen) atoms. The Hall–Kier alpha value is -2.83. The number of nitrogens with zero attached hydrogens (tertiary/aromatic N) is 4. The maximum Gasteiger partial charge on any atom is 0.262 e. The maximum absolute atomic E-state index is 12.9. The van der Waals surface area contributed by atoms with Crippen molar-refractivity contribution in [2.75, 3.05) is 0 Å². The molecule has 0 spiro atoms. The van der Waals surface area contributed by atoms with Crippen molar-refractivity contribution in [3.63, 3.8) is 0 Å². The van der Waals surface area contributed by atoms with Crippen molar-refractivity contribution in [3.05, 3.63) is 42.0 Å². The molecule has 0 aliphatic rings. The number of phenols is 1. The van der Waals surface area contributed by atoms with E-state index in [1.165, 1.54) is 12.1 Å². The summed E-state index contributed by atoms with van der Waals surface area (Å²) in [5, 5.41) is 13.4. The van der Waals surface area contributed by atoms with Crippen LogP contribution in [0.3, 0.4) is 0 Å². The molecule has 0 aliphatic carbocycles. The van der Waals surface area contributed by atoms with Crippen molar-refractivity contribution in [2.24, 2.45) is 0 Å². The lowest BCUT2D eigenvalue weighted by molar-refractivity contribution is 0.424. The van der Waals surface area contributed by atoms with Gasteiger partial charge in [0.25, 0.3) is 5.89 Å². The fourth-order valence-electron chi connectivity index (χ4n) is 1.62. The molecule has 7 heteroatoms. The number of rotatable bonds is 2. The zero-order chi connectivity index (χ0) is 14.1. The van der Waals surface area contributed by atoms with E-state index >= 15 is 0 Å². The standard InChI is InChI=1S/C13H9FN4O2/c1-7-5-15-11(16-6-7)12-17-13(20-18-12)9-3-2-8(14)4-10(9)19/h2-6,19H,1H3. The number of hydrogen-bond acceptors (Lipinski definition) is 6. The highest BCUT2D eigenvalue weighted by atomic mass is 19.1. The molecule has 0 fully saturated rings. The molecular weight excluding hydrogens is 263 g/mol. The van der Waals surface area contributed by atoms with Gasteiger partial charge in [-0.3, -0.25) is 0 Å². The summed E-state index contributed by atoms with van der Waals surface area (Å²) < 4.78 is 18.0. The average Bonchev–Trinajstić information content (AvgIpc) is 2.89. The number of benzene rings is 1. The van der Waals surface area contributed by atoms with Gasteiger partial charge in [-0.15, -0.1) is 0 Å². The van der Waals surface area contributed by atoms with E-state index in [2.05, 4.69) is 20.1 Å². The van der Waals surface area contributed by atoms with E-state index in [0.29, 0.717) is 5.82 Å². The van der Waals surface area contributed by atoms with Gasteiger partial charge < -0.3 is 9.63 Å². The molecule has 100 valence electrons. The fourth-order valence-corrected chi connectivity index (χ4v) is 1.62. The molecule has 0 bridgehead atoms. The van der Waals surface area contributed by atoms with E-state index in [9.17, 15) is 9.50 Å². The molecule has 1 aromatic carbocycles. The van der Waals surface area contributed by atoms with Gasteiger partial charge in [0.05, 0.1) is 5.56 Å². The summed E-state index contributed by atoms with van der Waals surface area (Å²) in [6.07, 6.45) is 3.27. The first-order chi connectivity index (χ1) is 9.63. The van der Waals surface area contributed by atoms with E-state index in [4.69, 9.17) is 4.52 Å². The summed E-state index contributed by atoms with van der Waals surface area (Å²) in [5.74, 6) is -0.240. The van der Waals surface area contributed by atoms with Crippen LogP contribution in [0.15, 0.2) is 35.1 Å². The third-order valence-corrected chi connectivity index (χ3v) is 2.60. The second-order valence-electron chi connectivity index (χ2n) is 4.17. The second-order valence-corrected chi connectivity index (χ2v) is 4.17. The van der Waals surface area contributed by atoms with Gasteiger partial charge >= 0.3 is 0 Å². The van der Waals surface area contributed by atoms with E-state index in [0.717, 1.165) is 11.6 Å². The van der Waals surface area contributed by atoms with E-state index in [1.807, 2.05) is 6.92 Å². The monoisotopic (exact) mass is 272 g/mol. The predicted molar refractivity (Wildman–Crippen MR) is 67.1 cm³/mol. The van der Waals surface area contributed by atoms with Gasteiger partial charge in [0, 0.05) is 18.5 Å². The van der Waals surface area contributed by atoms with Gasteiger partial charge in [-0.25, -0.2) is 14.4 Å². The highest BCUT2D eigenvalue weighted by molar-refractivity contribution is 5.63. The van der Waals surface area contributed by atoms with Crippen molar-refractivity contribution in [2.45, 2.75) is 6.92 Å². The largest absolute Gasteiger partial charge is 0.507 e. The molecule has 3 aromatic rings. The Labute approximate surface area is 112 Å². The van der Waals surface area contributed by atoms with Crippen LogP contribution in [0, 0.1) is 12.7 Å². The summed E-state index contributed by atoms with van der Waals surface area (Å²) in [4.78, 5) is 12.2. The first-order valence-corrected chi connectivity index (χ1v) is 5.75. The van der Waals surface area contributed by atoms with E-state index < -0.39 is 5.82 Å². The number of hydrogen-bond donors (Lipinski definition) is 1. The highest BCUT2D eigenvalue weighted by Gasteiger charge is 2.15. The van der Waals surface area contributed by atoms with Gasteiger partial charge in [-0.1, -0.05) is 5.16 Å². The number of aromatic hydroxyl groups is 1. The van der Waals surface area contributed by atoms with Gasteiger partial charge in [-0.2, -0.15) is 4.98 Å². The Bertz CT molecular complexity index is 755. The number of phenolic OH excluding ortho intramolecular Hbond substituents is 1. The number of aryl methyl sites for hydroxylation is 1. The van der Waals surface area contributed by atoms with Crippen molar-refractivity contribution < 1.29 is 14.0 Å². The molecule has 2 heterocycles. The number of halogens is 1. The molecule has 0 radical (unpaired) electrons. The number of aromatic nitrogens is 4. The van der Waals surface area contributed by atoms with Crippen LogP contribution in [0.5, 0.6) is 5.75 Å². The van der Waals surface area contributed by atoms with Gasteiger partial charge in [0.15, 0.2) is 0 Å². The molecular formula is C13H9FN4O2. The van der Waals surface area contributed by atoms with E-state index in [1.54, 1.807) is 12.4 Å². The molecule has 0 atom stereocenters. The summed E-state index contributed by atoms with van der Waals surface area (Å²) in [7, 11) is 0. The van der Waals surface area contributed by atoms with Gasteiger partial charge in [0.1, 0.15) is 11.6 Å². The van der Waals surface area contributed by atoms with Crippen LogP contribution < -0.4 is 0 Å². The molecule has 0 saturated heterocycles. The second kappa shape index (κ2) is 4.69. The van der Waals surface area contributed by atoms with Crippen molar-refractivity contribution in [1.82, 2.24) is 20.1 Å². The van der Waals surface area contributed by atoms with Crippen LogP contribution in [0.25, 0.3) is 23.1 Å². The molecule has 6 nitrogen and oxygen atoms in total. The minimum atomic E-state index is -0.548. The highest BCUT2D eigenvalue weighted by Crippen LogP contribution is 2.29. The Kier molecular flexibility index (Phi) is 2.86. The zero-order valence-electron chi connectivity index (χ0n) is 10.4. The molecule has 0 aliphatic heterocycles. The lowest BCUT2D eigenvalue weighted by Crippen LogP contribution is -1.90. The topological polar surface area (TPSA) is 84.9 Å². The molecule has 0 saturated carbocycles. The third kappa shape index (κ3) is 2.20. The Balaban J connectivity index is 1.99. The normalized spacial score (nSPS) is 10.7. The molecule has 0 amide bonds. The molecule has 3 rings (SSSR count). The summed E-state index contributed by atoms with van der Waals surface area (Å²) in [6.45, 7) is 1.86. The lowest BCUT2D eigenvalue weighted by atomic mass is 10.2. The first kappa shape index (κ1) is 12.2. The van der Waals surface area contributed by atoms with Gasteiger partial charge in [0.2, 0.25) is 11.6 Å². The van der Waals surface area contributed by atoms with Crippen LogP contribution in [-0.4, -0.2) is 25.2 Å². The molecule has 0 unspecified atom stereocenters. The van der Waals surface area contributed by atoms with Crippen molar-refractivity contribution >= 4 is 0 Å². The summed E-state index contributed by atoms with van der Waals surface area (Å²) in [5.41, 5.74) is 1.16. The van der Waals surface area contributed by atoms with Crippen LogP contribution in [0.1, 0.15) is 5.56 Å². The third-order valence-electron chi connectivity index (χ3n) is 2.60. The van der Waals surface area contributed by atoms with Crippen LogP contribution in [0.2, 0.25) is 0 Å². The average molecular weight is 272 g/mol.